The first-order valence-electron chi connectivity index (χ1n) is 5.43. The van der Waals surface area contributed by atoms with Crippen LogP contribution < -0.4 is 5.32 Å². The summed E-state index contributed by atoms with van der Waals surface area (Å²) in [5, 5.41) is 2.78. The fourth-order valence-electron chi connectivity index (χ4n) is 1.54. The molecule has 1 aromatic carbocycles. The summed E-state index contributed by atoms with van der Waals surface area (Å²) in [6.07, 6.45) is 2.06. The molecule has 0 amide bonds. The van der Waals surface area contributed by atoms with Gasteiger partial charge in [-0.25, -0.2) is 13.2 Å². The Morgan fingerprint density at radius 1 is 1.19 bits per heavy atom. The molecule has 0 aliphatic carbocycles. The van der Waals surface area contributed by atoms with E-state index in [4.69, 9.17) is 0 Å². The normalized spacial score (nSPS) is 12.6. The van der Waals surface area contributed by atoms with E-state index in [-0.39, 0.29) is 5.69 Å². The first-order valence-corrected chi connectivity index (χ1v) is 5.43. The highest BCUT2D eigenvalue weighted by atomic mass is 19.2. The Morgan fingerprint density at radius 2 is 1.88 bits per heavy atom. The van der Waals surface area contributed by atoms with Crippen LogP contribution in [0, 0.1) is 23.4 Å². The molecule has 1 nitrogen and oxygen atoms in total. The topological polar surface area (TPSA) is 12.0 Å². The predicted molar refractivity (Wildman–Crippen MR) is 58.9 cm³/mol. The van der Waals surface area contributed by atoms with Gasteiger partial charge in [-0.15, -0.1) is 0 Å². The Balaban J connectivity index is 2.64. The Bertz CT molecular complexity index is 352. The average Bonchev–Trinajstić information content (AvgIpc) is 2.25. The molecule has 0 aliphatic rings. The number of anilines is 1. The molecule has 0 saturated heterocycles. The Labute approximate surface area is 93.7 Å². The summed E-state index contributed by atoms with van der Waals surface area (Å²) in [6.45, 7) is 4.64. The lowest BCUT2D eigenvalue weighted by molar-refractivity contribution is 0.448. The van der Waals surface area contributed by atoms with E-state index in [2.05, 4.69) is 12.2 Å². The minimum atomic E-state index is -1.42. The molecule has 1 rings (SSSR count). The van der Waals surface area contributed by atoms with Gasteiger partial charge in [0.1, 0.15) is 0 Å². The number of halogens is 3. The van der Waals surface area contributed by atoms with E-state index in [1.165, 1.54) is 6.07 Å². The monoisotopic (exact) mass is 231 g/mol. The van der Waals surface area contributed by atoms with Crippen molar-refractivity contribution in [3.63, 3.8) is 0 Å². The summed E-state index contributed by atoms with van der Waals surface area (Å²) in [7, 11) is 0. The van der Waals surface area contributed by atoms with Crippen molar-refractivity contribution >= 4 is 5.69 Å². The quantitative estimate of drug-likeness (QED) is 0.756. The lowest BCUT2D eigenvalue weighted by Crippen LogP contribution is -2.12. The molecule has 0 spiro atoms. The number of nitrogens with one attached hydrogen (secondary N) is 1. The molecule has 1 N–H and O–H groups in total. The van der Waals surface area contributed by atoms with E-state index < -0.39 is 17.5 Å². The van der Waals surface area contributed by atoms with Crippen molar-refractivity contribution in [1.82, 2.24) is 0 Å². The molecule has 4 heteroatoms. The van der Waals surface area contributed by atoms with Crippen LogP contribution in [0.2, 0.25) is 0 Å². The number of hydrogen-bond acceptors (Lipinski definition) is 1. The Kier molecular flexibility index (Phi) is 4.65. The molecule has 90 valence electrons. The van der Waals surface area contributed by atoms with Gasteiger partial charge in [-0.2, -0.15) is 0 Å². The average molecular weight is 231 g/mol. The Morgan fingerprint density at radius 3 is 2.50 bits per heavy atom. The fraction of sp³-hybridized carbons (Fsp3) is 0.500. The Hall–Kier alpha value is -1.19. The van der Waals surface area contributed by atoms with Crippen molar-refractivity contribution in [1.29, 1.82) is 0 Å². The van der Waals surface area contributed by atoms with E-state index in [1.54, 1.807) is 0 Å². The van der Waals surface area contributed by atoms with Gasteiger partial charge in [-0.05, 0) is 24.5 Å². The third-order valence-electron chi connectivity index (χ3n) is 2.46. The zero-order valence-electron chi connectivity index (χ0n) is 9.49. The highest BCUT2D eigenvalue weighted by Crippen LogP contribution is 2.20. The smallest absolute Gasteiger partial charge is 0.196 e. The van der Waals surface area contributed by atoms with Crippen molar-refractivity contribution in [2.24, 2.45) is 5.92 Å². The van der Waals surface area contributed by atoms with Crippen LogP contribution >= 0.6 is 0 Å². The lowest BCUT2D eigenvalue weighted by Gasteiger charge is -2.13. The molecule has 0 aromatic heterocycles. The van der Waals surface area contributed by atoms with Gasteiger partial charge in [0.25, 0.3) is 0 Å². The summed E-state index contributed by atoms with van der Waals surface area (Å²) in [6, 6.07) is 2.14. The molecule has 0 bridgehead atoms. The van der Waals surface area contributed by atoms with Crippen molar-refractivity contribution < 1.29 is 13.2 Å². The summed E-state index contributed by atoms with van der Waals surface area (Å²) in [5.74, 6) is -3.36. The van der Waals surface area contributed by atoms with Crippen LogP contribution in [0.25, 0.3) is 0 Å². The van der Waals surface area contributed by atoms with Crippen molar-refractivity contribution in [3.05, 3.63) is 29.6 Å². The number of rotatable bonds is 5. The van der Waals surface area contributed by atoms with Crippen LogP contribution in [0.15, 0.2) is 12.1 Å². The maximum atomic E-state index is 13.2. The molecule has 0 aliphatic heterocycles. The van der Waals surface area contributed by atoms with Crippen LogP contribution in [0.4, 0.5) is 18.9 Å². The molecule has 0 saturated carbocycles. The summed E-state index contributed by atoms with van der Waals surface area (Å²) >= 11 is 0. The summed E-state index contributed by atoms with van der Waals surface area (Å²) < 4.78 is 38.7. The van der Waals surface area contributed by atoms with E-state index in [0.29, 0.717) is 12.5 Å². The van der Waals surface area contributed by atoms with Gasteiger partial charge in [0, 0.05) is 6.54 Å². The molecule has 0 radical (unpaired) electrons. The SMILES string of the molecule is CCCC(C)CNc1ccc(F)c(F)c1F. The zero-order valence-corrected chi connectivity index (χ0v) is 9.49. The van der Waals surface area contributed by atoms with E-state index in [1.807, 2.05) is 6.92 Å². The second kappa shape index (κ2) is 5.77. The van der Waals surface area contributed by atoms with E-state index in [9.17, 15) is 13.2 Å². The largest absolute Gasteiger partial charge is 0.382 e. The molecule has 1 aromatic rings. The summed E-state index contributed by atoms with van der Waals surface area (Å²) in [4.78, 5) is 0. The van der Waals surface area contributed by atoms with Crippen LogP contribution in [0.3, 0.4) is 0 Å². The van der Waals surface area contributed by atoms with Crippen LogP contribution in [-0.2, 0) is 0 Å². The van der Waals surface area contributed by atoms with Crippen molar-refractivity contribution in [2.45, 2.75) is 26.7 Å². The van der Waals surface area contributed by atoms with Crippen molar-refractivity contribution in [3.8, 4) is 0 Å². The second-order valence-electron chi connectivity index (χ2n) is 4.00. The fourth-order valence-corrected chi connectivity index (χ4v) is 1.54. The van der Waals surface area contributed by atoms with Crippen molar-refractivity contribution in [2.75, 3.05) is 11.9 Å². The van der Waals surface area contributed by atoms with Crippen LogP contribution in [0.5, 0.6) is 0 Å². The highest BCUT2D eigenvalue weighted by Gasteiger charge is 2.13. The molecule has 0 heterocycles. The molecular formula is C12H16F3N. The van der Waals surface area contributed by atoms with Gasteiger partial charge < -0.3 is 5.32 Å². The standard InChI is InChI=1S/C12H16F3N/c1-3-4-8(2)7-16-10-6-5-9(13)11(14)12(10)15/h5-6,8,16H,3-4,7H2,1-2H3. The maximum absolute atomic E-state index is 13.2. The van der Waals surface area contributed by atoms with Gasteiger partial charge in [-0.3, -0.25) is 0 Å². The zero-order chi connectivity index (χ0) is 12.1. The van der Waals surface area contributed by atoms with Gasteiger partial charge in [-0.1, -0.05) is 20.3 Å². The molecule has 1 atom stereocenters. The van der Waals surface area contributed by atoms with Crippen LogP contribution in [0.1, 0.15) is 26.7 Å². The molecule has 16 heavy (non-hydrogen) atoms. The minimum absolute atomic E-state index is 0.0156. The van der Waals surface area contributed by atoms with Gasteiger partial charge in [0.15, 0.2) is 17.5 Å². The summed E-state index contributed by atoms with van der Waals surface area (Å²) in [5.41, 5.74) is 0.0156. The van der Waals surface area contributed by atoms with E-state index in [0.717, 1.165) is 18.9 Å². The van der Waals surface area contributed by atoms with E-state index >= 15 is 0 Å². The molecule has 1 unspecified atom stereocenters. The number of hydrogen-bond donors (Lipinski definition) is 1. The van der Waals surface area contributed by atoms with Crippen LogP contribution in [-0.4, -0.2) is 6.54 Å². The molecule has 0 fully saturated rings. The first kappa shape index (κ1) is 12.9. The lowest BCUT2D eigenvalue weighted by atomic mass is 10.1. The minimum Gasteiger partial charge on any atom is -0.382 e. The molecular weight excluding hydrogens is 215 g/mol. The predicted octanol–water partition coefficient (Wildman–Crippen LogP) is 3.95. The van der Waals surface area contributed by atoms with Gasteiger partial charge in [0.2, 0.25) is 0 Å². The highest BCUT2D eigenvalue weighted by molar-refractivity contribution is 5.45. The van der Waals surface area contributed by atoms with Gasteiger partial charge >= 0.3 is 0 Å². The number of benzene rings is 1. The van der Waals surface area contributed by atoms with Gasteiger partial charge in [0.05, 0.1) is 5.69 Å². The third kappa shape index (κ3) is 3.15. The maximum Gasteiger partial charge on any atom is 0.196 e. The third-order valence-corrected chi connectivity index (χ3v) is 2.46. The first-order chi connectivity index (χ1) is 7.56. The second-order valence-corrected chi connectivity index (χ2v) is 4.00.